The first-order valence-electron chi connectivity index (χ1n) is 6.75. The van der Waals surface area contributed by atoms with Crippen molar-refractivity contribution < 1.29 is 9.90 Å². The van der Waals surface area contributed by atoms with Gasteiger partial charge in [-0.3, -0.25) is 9.48 Å². The first kappa shape index (κ1) is 14.8. The average Bonchev–Trinajstić information content (AvgIpc) is 3.02. The van der Waals surface area contributed by atoms with Gasteiger partial charge in [-0.05, 0) is 26.0 Å². The number of aromatic nitrogens is 4. The van der Waals surface area contributed by atoms with Crippen LogP contribution in [0.5, 0.6) is 0 Å². The number of imidazole rings is 1. The number of hydrogen-bond donors (Lipinski definition) is 1. The quantitative estimate of drug-likeness (QED) is 0.820. The van der Waals surface area contributed by atoms with Crippen molar-refractivity contribution in [3.05, 3.63) is 5.69 Å². The van der Waals surface area contributed by atoms with Crippen LogP contribution in [0.2, 0.25) is 0 Å². The van der Waals surface area contributed by atoms with Crippen LogP contribution in [0.3, 0.4) is 0 Å². The topological polar surface area (TPSA) is 72.9 Å². The second kappa shape index (κ2) is 5.24. The summed E-state index contributed by atoms with van der Waals surface area (Å²) in [5.74, 6) is -0.790. The number of aryl methyl sites for hydroxylation is 2. The van der Waals surface area contributed by atoms with Crippen molar-refractivity contribution in [2.75, 3.05) is 12.0 Å². The fourth-order valence-electron chi connectivity index (χ4n) is 2.55. The van der Waals surface area contributed by atoms with Gasteiger partial charge in [-0.2, -0.15) is 16.9 Å². The van der Waals surface area contributed by atoms with Crippen molar-refractivity contribution in [1.82, 2.24) is 19.3 Å². The summed E-state index contributed by atoms with van der Waals surface area (Å²) in [6.45, 7) is 2.80. The SMILES string of the molecule is CSC1(Cn2c(SCC(=O)O)nc3c(C)nn(C)c32)CC1. The Hall–Kier alpha value is -1.15. The third kappa shape index (κ3) is 2.66. The monoisotopic (exact) mass is 326 g/mol. The first-order valence-corrected chi connectivity index (χ1v) is 8.96. The Balaban J connectivity index is 2.03. The number of hydrogen-bond acceptors (Lipinski definition) is 5. The lowest BCUT2D eigenvalue weighted by Gasteiger charge is -2.15. The van der Waals surface area contributed by atoms with Crippen molar-refractivity contribution in [1.29, 1.82) is 0 Å². The summed E-state index contributed by atoms with van der Waals surface area (Å²) in [6.07, 6.45) is 4.54. The second-order valence-electron chi connectivity index (χ2n) is 5.43. The van der Waals surface area contributed by atoms with Gasteiger partial charge in [0.05, 0.1) is 11.4 Å². The summed E-state index contributed by atoms with van der Waals surface area (Å²) >= 11 is 3.17. The number of carboxylic acid groups (broad SMARTS) is 1. The molecule has 0 atom stereocenters. The molecule has 0 radical (unpaired) electrons. The molecule has 0 aromatic carbocycles. The van der Waals surface area contributed by atoms with Gasteiger partial charge in [0.25, 0.3) is 0 Å². The molecule has 0 bridgehead atoms. The third-order valence-corrected chi connectivity index (χ3v) is 6.23. The minimum Gasteiger partial charge on any atom is -0.481 e. The lowest BCUT2D eigenvalue weighted by atomic mass is 10.4. The normalized spacial score (nSPS) is 16.5. The molecule has 1 aliphatic rings. The number of carbonyl (C=O) groups is 1. The molecule has 0 aliphatic heterocycles. The predicted octanol–water partition coefficient (Wildman–Crippen LogP) is 2.15. The van der Waals surface area contributed by atoms with E-state index in [-0.39, 0.29) is 10.5 Å². The zero-order chi connectivity index (χ0) is 15.2. The maximum atomic E-state index is 10.8. The van der Waals surface area contributed by atoms with Gasteiger partial charge in [0.15, 0.2) is 10.8 Å². The van der Waals surface area contributed by atoms with Crippen LogP contribution in [0.15, 0.2) is 5.16 Å². The molecule has 6 nitrogen and oxygen atoms in total. The van der Waals surface area contributed by atoms with Crippen LogP contribution in [0.4, 0.5) is 0 Å². The highest BCUT2D eigenvalue weighted by atomic mass is 32.2. The molecule has 2 aromatic heterocycles. The molecule has 21 heavy (non-hydrogen) atoms. The maximum Gasteiger partial charge on any atom is 0.313 e. The van der Waals surface area contributed by atoms with Gasteiger partial charge >= 0.3 is 5.97 Å². The van der Waals surface area contributed by atoms with E-state index in [4.69, 9.17) is 5.11 Å². The summed E-state index contributed by atoms with van der Waals surface area (Å²) in [5, 5.41) is 14.1. The van der Waals surface area contributed by atoms with Crippen LogP contribution in [-0.2, 0) is 18.4 Å². The Morgan fingerprint density at radius 2 is 2.19 bits per heavy atom. The van der Waals surface area contributed by atoms with Gasteiger partial charge in [0.1, 0.15) is 5.52 Å². The number of thioether (sulfide) groups is 2. The van der Waals surface area contributed by atoms with E-state index in [2.05, 4.69) is 20.9 Å². The standard InChI is InChI=1S/C13H18N4O2S2/c1-8-10-11(16(2)15-8)17(7-13(20-3)4-5-13)12(14-10)21-6-9(18)19/h4-7H2,1-3H3,(H,18,19). The van der Waals surface area contributed by atoms with E-state index in [1.54, 1.807) is 0 Å². The predicted molar refractivity (Wildman–Crippen MR) is 85.1 cm³/mol. The molecule has 0 saturated heterocycles. The van der Waals surface area contributed by atoms with Crippen LogP contribution in [0.1, 0.15) is 18.5 Å². The van der Waals surface area contributed by atoms with Crippen LogP contribution >= 0.6 is 23.5 Å². The molecule has 114 valence electrons. The summed E-state index contributed by atoms with van der Waals surface area (Å²) in [7, 11) is 1.91. The molecule has 1 fully saturated rings. The number of rotatable bonds is 6. The second-order valence-corrected chi connectivity index (χ2v) is 7.65. The molecule has 1 N–H and O–H groups in total. The fourth-order valence-corrected chi connectivity index (χ4v) is 4.03. The lowest BCUT2D eigenvalue weighted by Crippen LogP contribution is -2.16. The lowest BCUT2D eigenvalue weighted by molar-refractivity contribution is -0.133. The smallest absolute Gasteiger partial charge is 0.313 e. The van der Waals surface area contributed by atoms with E-state index in [0.29, 0.717) is 0 Å². The van der Waals surface area contributed by atoms with Crippen molar-refractivity contribution in [2.45, 2.75) is 36.2 Å². The van der Waals surface area contributed by atoms with E-state index < -0.39 is 5.97 Å². The molecule has 0 amide bonds. The molecule has 0 unspecified atom stereocenters. The number of carboxylic acids is 1. The van der Waals surface area contributed by atoms with E-state index in [0.717, 1.165) is 28.6 Å². The molecule has 0 spiro atoms. The molecular weight excluding hydrogens is 308 g/mol. The zero-order valence-electron chi connectivity index (χ0n) is 12.3. The summed E-state index contributed by atoms with van der Waals surface area (Å²) in [5.41, 5.74) is 2.75. The van der Waals surface area contributed by atoms with E-state index in [1.165, 1.54) is 24.6 Å². The van der Waals surface area contributed by atoms with Gasteiger partial charge in [-0.25, -0.2) is 4.98 Å². The maximum absolute atomic E-state index is 10.8. The Morgan fingerprint density at radius 3 is 2.76 bits per heavy atom. The Labute approximate surface area is 131 Å². The fraction of sp³-hybridized carbons (Fsp3) is 0.615. The van der Waals surface area contributed by atoms with Crippen LogP contribution < -0.4 is 0 Å². The molecule has 2 heterocycles. The minimum atomic E-state index is -0.820. The third-order valence-electron chi connectivity index (χ3n) is 3.87. The van der Waals surface area contributed by atoms with Crippen molar-refractivity contribution in [3.63, 3.8) is 0 Å². The highest BCUT2D eigenvalue weighted by Gasteiger charge is 2.43. The van der Waals surface area contributed by atoms with Gasteiger partial charge in [0, 0.05) is 18.3 Å². The Kier molecular flexibility index (Phi) is 3.69. The minimum absolute atomic E-state index is 0.0298. The zero-order valence-corrected chi connectivity index (χ0v) is 13.9. The molecule has 8 heteroatoms. The highest BCUT2D eigenvalue weighted by molar-refractivity contribution is 8.00. The van der Waals surface area contributed by atoms with Gasteiger partial charge in [-0.1, -0.05) is 11.8 Å². The van der Waals surface area contributed by atoms with Crippen molar-refractivity contribution in [3.8, 4) is 0 Å². The number of aliphatic carboxylic acids is 1. The first-order chi connectivity index (χ1) is 9.96. The van der Waals surface area contributed by atoms with Crippen molar-refractivity contribution in [2.24, 2.45) is 7.05 Å². The van der Waals surface area contributed by atoms with Gasteiger partial charge < -0.3 is 9.67 Å². The molecule has 2 aromatic rings. The molecule has 3 rings (SSSR count). The number of fused-ring (bicyclic) bond motifs is 1. The Morgan fingerprint density at radius 1 is 1.48 bits per heavy atom. The van der Waals surface area contributed by atoms with Gasteiger partial charge in [-0.15, -0.1) is 0 Å². The molecular formula is C13H18N4O2S2. The van der Waals surface area contributed by atoms with Crippen LogP contribution in [-0.4, -0.2) is 47.2 Å². The summed E-state index contributed by atoms with van der Waals surface area (Å²) in [6, 6.07) is 0. The van der Waals surface area contributed by atoms with Crippen LogP contribution in [0.25, 0.3) is 11.2 Å². The molecule has 1 saturated carbocycles. The van der Waals surface area contributed by atoms with Crippen LogP contribution in [0, 0.1) is 6.92 Å². The van der Waals surface area contributed by atoms with Crippen molar-refractivity contribution >= 4 is 40.7 Å². The van der Waals surface area contributed by atoms with Gasteiger partial charge in [0.2, 0.25) is 0 Å². The summed E-state index contributed by atoms with van der Waals surface area (Å²) in [4.78, 5) is 15.5. The van der Waals surface area contributed by atoms with E-state index in [9.17, 15) is 4.79 Å². The summed E-state index contributed by atoms with van der Waals surface area (Å²) < 4.78 is 4.27. The number of nitrogens with zero attached hydrogens (tertiary/aromatic N) is 4. The molecule has 1 aliphatic carbocycles. The Bertz CT molecular complexity index is 703. The highest BCUT2D eigenvalue weighted by Crippen LogP contribution is 2.49. The largest absolute Gasteiger partial charge is 0.481 e. The average molecular weight is 326 g/mol. The van der Waals surface area contributed by atoms with E-state index >= 15 is 0 Å². The van der Waals surface area contributed by atoms with E-state index in [1.807, 2.05) is 30.4 Å².